The lowest BCUT2D eigenvalue weighted by molar-refractivity contribution is 0.0268. The Labute approximate surface area is 170 Å². The molecule has 6 nitrogen and oxygen atoms in total. The molecule has 156 valence electrons. The number of hydrogen-bond donors (Lipinski definition) is 1. The molecule has 1 fully saturated rings. The first kappa shape index (κ1) is 21.3. The van der Waals surface area contributed by atoms with Crippen LogP contribution in [-0.4, -0.2) is 50.6 Å². The summed E-state index contributed by atoms with van der Waals surface area (Å²) in [5.41, 5.74) is 0.125. The predicted molar refractivity (Wildman–Crippen MR) is 109 cm³/mol. The summed E-state index contributed by atoms with van der Waals surface area (Å²) >= 11 is 0. The third-order valence-corrected chi connectivity index (χ3v) is 7.21. The molecule has 8 heteroatoms. The Bertz CT molecular complexity index is 996. The number of likely N-dealkylation sites (N-methyl/N-ethyl adjacent to an activating group) is 1. The van der Waals surface area contributed by atoms with Crippen LogP contribution < -0.4 is 4.31 Å². The zero-order valence-electron chi connectivity index (χ0n) is 16.5. The van der Waals surface area contributed by atoms with Crippen molar-refractivity contribution in [2.75, 3.05) is 18.4 Å². The third kappa shape index (κ3) is 4.28. The van der Waals surface area contributed by atoms with Gasteiger partial charge in [0.1, 0.15) is 5.82 Å². The van der Waals surface area contributed by atoms with Crippen molar-refractivity contribution in [3.05, 3.63) is 59.9 Å². The molecular formula is C21H25FN2O4S. The Kier molecular flexibility index (Phi) is 6.24. The lowest BCUT2D eigenvalue weighted by atomic mass is 9.91. The monoisotopic (exact) mass is 420 g/mol. The minimum Gasteiger partial charge on any atom is -0.391 e. The number of sulfonamides is 1. The van der Waals surface area contributed by atoms with Crippen molar-refractivity contribution in [1.29, 1.82) is 0 Å². The number of carbonyl (C=O) groups is 1. The number of carbonyl (C=O) groups excluding carboxylic acids is 1. The van der Waals surface area contributed by atoms with Gasteiger partial charge in [-0.25, -0.2) is 12.8 Å². The number of nitrogens with zero attached hydrogens (tertiary/aromatic N) is 2. The van der Waals surface area contributed by atoms with Gasteiger partial charge in [-0.1, -0.05) is 31.0 Å². The Balaban J connectivity index is 1.88. The van der Waals surface area contributed by atoms with Crippen molar-refractivity contribution < 1.29 is 22.7 Å². The van der Waals surface area contributed by atoms with E-state index in [4.69, 9.17) is 0 Å². The van der Waals surface area contributed by atoms with Gasteiger partial charge in [0.15, 0.2) is 0 Å². The summed E-state index contributed by atoms with van der Waals surface area (Å²) < 4.78 is 40.9. The van der Waals surface area contributed by atoms with Gasteiger partial charge in [-0.15, -0.1) is 0 Å². The second kappa shape index (κ2) is 8.51. The van der Waals surface area contributed by atoms with E-state index in [0.717, 1.165) is 17.1 Å². The lowest BCUT2D eigenvalue weighted by Gasteiger charge is -2.35. The topological polar surface area (TPSA) is 77.9 Å². The molecule has 0 saturated heterocycles. The van der Waals surface area contributed by atoms with E-state index in [2.05, 4.69) is 0 Å². The summed E-state index contributed by atoms with van der Waals surface area (Å²) in [6.07, 6.45) is 2.62. The molecule has 2 aromatic carbocycles. The van der Waals surface area contributed by atoms with Crippen molar-refractivity contribution in [1.82, 2.24) is 4.90 Å². The molecule has 3 rings (SSSR count). The number of aliphatic hydroxyl groups is 1. The maximum absolute atomic E-state index is 14.1. The van der Waals surface area contributed by atoms with Crippen LogP contribution in [0.3, 0.4) is 0 Å². The van der Waals surface area contributed by atoms with Crippen LogP contribution in [0.1, 0.15) is 36.0 Å². The van der Waals surface area contributed by atoms with Crippen LogP contribution in [0.4, 0.5) is 10.1 Å². The number of hydrogen-bond acceptors (Lipinski definition) is 4. The summed E-state index contributed by atoms with van der Waals surface area (Å²) in [5, 5.41) is 10.2. The molecule has 2 aromatic rings. The van der Waals surface area contributed by atoms with E-state index in [-0.39, 0.29) is 28.1 Å². The summed E-state index contributed by atoms with van der Waals surface area (Å²) in [4.78, 5) is 14.3. The third-order valence-electron chi connectivity index (χ3n) is 5.44. The van der Waals surface area contributed by atoms with E-state index >= 15 is 0 Å². The minimum absolute atomic E-state index is 0.0772. The molecule has 1 N–H and O–H groups in total. The highest BCUT2D eigenvalue weighted by molar-refractivity contribution is 7.92. The highest BCUT2D eigenvalue weighted by Gasteiger charge is 2.31. The number of amides is 1. The molecule has 0 heterocycles. The second-order valence-electron chi connectivity index (χ2n) is 7.29. The van der Waals surface area contributed by atoms with Crippen molar-refractivity contribution in [2.45, 2.75) is 42.7 Å². The fourth-order valence-corrected chi connectivity index (χ4v) is 4.93. The first-order valence-corrected chi connectivity index (χ1v) is 11.0. The molecule has 2 atom stereocenters. The van der Waals surface area contributed by atoms with E-state index in [1.807, 2.05) is 0 Å². The van der Waals surface area contributed by atoms with E-state index in [1.54, 1.807) is 13.1 Å². The van der Waals surface area contributed by atoms with Gasteiger partial charge in [0, 0.05) is 19.7 Å². The second-order valence-corrected chi connectivity index (χ2v) is 9.26. The summed E-state index contributed by atoms with van der Waals surface area (Å²) in [6, 6.07) is 11.0. The van der Waals surface area contributed by atoms with Crippen LogP contribution in [0.2, 0.25) is 0 Å². The SMILES string of the molecule is CN(C(=O)c1cccc(S(=O)(=O)N(C)c2ccccc2F)c1)[C@H]1CCCC[C@@H]1O. The molecule has 1 amide bonds. The Morgan fingerprint density at radius 2 is 1.76 bits per heavy atom. The number of para-hydroxylation sites is 1. The number of aliphatic hydroxyl groups excluding tert-OH is 1. The Morgan fingerprint density at radius 3 is 2.45 bits per heavy atom. The van der Waals surface area contributed by atoms with Gasteiger partial charge >= 0.3 is 0 Å². The van der Waals surface area contributed by atoms with E-state index in [1.165, 1.54) is 54.4 Å². The maximum Gasteiger partial charge on any atom is 0.264 e. The van der Waals surface area contributed by atoms with Gasteiger partial charge in [-0.2, -0.15) is 0 Å². The smallest absolute Gasteiger partial charge is 0.264 e. The summed E-state index contributed by atoms with van der Waals surface area (Å²) in [6.45, 7) is 0. The van der Waals surface area contributed by atoms with Crippen LogP contribution in [0.25, 0.3) is 0 Å². The Hall–Kier alpha value is -2.45. The molecule has 1 aliphatic rings. The highest BCUT2D eigenvalue weighted by atomic mass is 32.2. The first-order valence-electron chi connectivity index (χ1n) is 9.52. The van der Waals surface area contributed by atoms with Crippen LogP contribution in [0, 0.1) is 5.82 Å². The number of halogens is 1. The van der Waals surface area contributed by atoms with Gasteiger partial charge in [-0.05, 0) is 43.2 Å². The lowest BCUT2D eigenvalue weighted by Crippen LogP contribution is -2.46. The fraction of sp³-hybridized carbons (Fsp3) is 0.381. The number of anilines is 1. The molecule has 0 spiro atoms. The van der Waals surface area contributed by atoms with E-state index in [9.17, 15) is 22.7 Å². The molecule has 0 unspecified atom stereocenters. The van der Waals surface area contributed by atoms with Crippen molar-refractivity contribution in [2.24, 2.45) is 0 Å². The molecular weight excluding hydrogens is 395 g/mol. The van der Waals surface area contributed by atoms with Crippen molar-refractivity contribution >= 4 is 21.6 Å². The van der Waals surface area contributed by atoms with E-state index < -0.39 is 21.9 Å². The van der Waals surface area contributed by atoms with Gasteiger partial charge in [-0.3, -0.25) is 9.10 Å². The van der Waals surface area contributed by atoms with Crippen molar-refractivity contribution in [3.8, 4) is 0 Å². The maximum atomic E-state index is 14.1. The molecule has 29 heavy (non-hydrogen) atoms. The molecule has 0 radical (unpaired) electrons. The van der Waals surface area contributed by atoms with Crippen LogP contribution >= 0.6 is 0 Å². The molecule has 0 aliphatic heterocycles. The van der Waals surface area contributed by atoms with Crippen LogP contribution in [0.15, 0.2) is 53.4 Å². The molecule has 1 aliphatic carbocycles. The highest BCUT2D eigenvalue weighted by Crippen LogP contribution is 2.27. The van der Waals surface area contributed by atoms with E-state index in [0.29, 0.717) is 12.8 Å². The molecule has 1 saturated carbocycles. The molecule has 0 bridgehead atoms. The van der Waals surface area contributed by atoms with Gasteiger partial charge < -0.3 is 10.0 Å². The largest absolute Gasteiger partial charge is 0.391 e. The summed E-state index contributed by atoms with van der Waals surface area (Å²) in [5.74, 6) is -1.02. The van der Waals surface area contributed by atoms with Crippen LogP contribution in [-0.2, 0) is 10.0 Å². The zero-order valence-corrected chi connectivity index (χ0v) is 17.3. The van der Waals surface area contributed by atoms with Gasteiger partial charge in [0.05, 0.1) is 22.7 Å². The van der Waals surface area contributed by atoms with Crippen molar-refractivity contribution in [3.63, 3.8) is 0 Å². The number of benzene rings is 2. The van der Waals surface area contributed by atoms with Gasteiger partial charge in [0.25, 0.3) is 15.9 Å². The minimum atomic E-state index is -4.06. The standard InChI is InChI=1S/C21H25FN2O4S/c1-23(19-12-5-6-13-20(19)25)21(26)15-8-7-9-16(14-15)29(27,28)24(2)18-11-4-3-10-17(18)22/h3-4,7-11,14,19-20,25H,5-6,12-13H2,1-2H3/t19-,20-/m0/s1. The van der Waals surface area contributed by atoms with Crippen LogP contribution in [0.5, 0.6) is 0 Å². The Morgan fingerprint density at radius 1 is 1.07 bits per heavy atom. The summed E-state index contributed by atoms with van der Waals surface area (Å²) in [7, 11) is -1.17. The zero-order chi connectivity index (χ0) is 21.2. The first-order chi connectivity index (χ1) is 13.7. The molecule has 0 aromatic heterocycles. The average molecular weight is 421 g/mol. The fourth-order valence-electron chi connectivity index (χ4n) is 3.68. The number of rotatable bonds is 5. The van der Waals surface area contributed by atoms with Gasteiger partial charge in [0.2, 0.25) is 0 Å². The normalized spacial score (nSPS) is 19.6. The average Bonchev–Trinajstić information content (AvgIpc) is 2.73. The predicted octanol–water partition coefficient (Wildman–Crippen LogP) is 3.03. The quantitative estimate of drug-likeness (QED) is 0.807.